The topological polar surface area (TPSA) is 58.6 Å². The van der Waals surface area contributed by atoms with E-state index in [0.29, 0.717) is 27.0 Å². The second-order valence-electron chi connectivity index (χ2n) is 6.55. The number of benzene rings is 3. The number of carbonyl (C=O) groups excluding carboxylic acids is 2. The summed E-state index contributed by atoms with van der Waals surface area (Å²) in [5.74, 6) is -0.358. The smallest absolute Gasteiger partial charge is 0.282 e. The number of nitrogens with one attached hydrogen (secondary N) is 1. The van der Waals surface area contributed by atoms with Crippen LogP contribution in [-0.4, -0.2) is 11.8 Å². The molecule has 5 nitrogen and oxygen atoms in total. The lowest BCUT2D eigenvalue weighted by molar-refractivity contribution is -0.117. The van der Waals surface area contributed by atoms with Crippen LogP contribution in [0.25, 0.3) is 6.08 Å². The number of anilines is 1. The van der Waals surface area contributed by atoms with Crippen LogP contribution in [0.2, 0.25) is 10.0 Å². The van der Waals surface area contributed by atoms with Crippen LogP contribution in [0.4, 0.5) is 5.69 Å². The van der Waals surface area contributed by atoms with Crippen molar-refractivity contribution in [2.75, 3.05) is 5.01 Å². The van der Waals surface area contributed by atoms with Gasteiger partial charge in [-0.15, -0.1) is 0 Å². The van der Waals surface area contributed by atoms with Gasteiger partial charge in [-0.25, -0.2) is 5.01 Å². The van der Waals surface area contributed by atoms with Crippen molar-refractivity contribution in [1.29, 1.82) is 0 Å². The molecule has 1 aliphatic heterocycles. The lowest BCUT2D eigenvalue weighted by atomic mass is 10.1. The van der Waals surface area contributed by atoms with Crippen molar-refractivity contribution in [3.05, 3.63) is 99.5 Å². The number of hydrazine groups is 1. The van der Waals surface area contributed by atoms with Crippen molar-refractivity contribution in [3.63, 3.8) is 0 Å². The summed E-state index contributed by atoms with van der Waals surface area (Å²) in [6, 6.07) is 21.4. The van der Waals surface area contributed by atoms with Gasteiger partial charge in [0.15, 0.2) is 0 Å². The van der Waals surface area contributed by atoms with Gasteiger partial charge in [0.2, 0.25) is 0 Å². The lowest BCUT2D eigenvalue weighted by Crippen LogP contribution is -2.35. The van der Waals surface area contributed by atoms with Gasteiger partial charge in [-0.3, -0.25) is 15.0 Å². The molecule has 0 saturated carbocycles. The van der Waals surface area contributed by atoms with Crippen LogP contribution in [0.15, 0.2) is 78.4 Å². The average Bonchev–Trinajstić information content (AvgIpc) is 3.04. The summed E-state index contributed by atoms with van der Waals surface area (Å²) in [5.41, 5.74) is 4.67. The molecule has 1 N–H and O–H groups in total. The maximum atomic E-state index is 12.8. The Balaban J connectivity index is 1.57. The molecule has 150 valence electrons. The van der Waals surface area contributed by atoms with E-state index >= 15 is 0 Å². The Morgan fingerprint density at radius 3 is 2.40 bits per heavy atom. The molecule has 3 aromatic carbocycles. The third kappa shape index (κ3) is 4.17. The number of nitrogens with zero attached hydrogens (tertiary/aromatic N) is 1. The van der Waals surface area contributed by atoms with Gasteiger partial charge in [0.1, 0.15) is 17.9 Å². The number of carbonyl (C=O) groups is 2. The Morgan fingerprint density at radius 1 is 0.900 bits per heavy atom. The summed E-state index contributed by atoms with van der Waals surface area (Å²) in [6.07, 6.45) is 1.53. The molecule has 1 saturated heterocycles. The fourth-order valence-electron chi connectivity index (χ4n) is 2.99. The second-order valence-corrected chi connectivity index (χ2v) is 7.36. The highest BCUT2D eigenvalue weighted by Crippen LogP contribution is 2.27. The predicted molar refractivity (Wildman–Crippen MR) is 117 cm³/mol. The van der Waals surface area contributed by atoms with Gasteiger partial charge >= 0.3 is 0 Å². The van der Waals surface area contributed by atoms with Gasteiger partial charge in [-0.2, -0.15) is 0 Å². The summed E-state index contributed by atoms with van der Waals surface area (Å²) in [4.78, 5) is 25.2. The van der Waals surface area contributed by atoms with Crippen molar-refractivity contribution in [1.82, 2.24) is 5.43 Å². The monoisotopic (exact) mass is 438 g/mol. The molecule has 1 fully saturated rings. The van der Waals surface area contributed by atoms with E-state index in [4.69, 9.17) is 27.9 Å². The van der Waals surface area contributed by atoms with Crippen LogP contribution in [0, 0.1) is 0 Å². The van der Waals surface area contributed by atoms with Crippen LogP contribution in [0.3, 0.4) is 0 Å². The minimum absolute atomic E-state index is 0.0319. The van der Waals surface area contributed by atoms with E-state index in [-0.39, 0.29) is 12.2 Å². The van der Waals surface area contributed by atoms with E-state index in [2.05, 4.69) is 5.43 Å². The first-order chi connectivity index (χ1) is 14.5. The van der Waals surface area contributed by atoms with E-state index in [1.807, 2.05) is 24.3 Å². The van der Waals surface area contributed by atoms with Crippen LogP contribution in [-0.2, 0) is 16.2 Å². The Bertz CT molecular complexity index is 1150. The summed E-state index contributed by atoms with van der Waals surface area (Å²) < 4.78 is 5.91. The van der Waals surface area contributed by atoms with Crippen LogP contribution < -0.4 is 15.2 Å². The van der Waals surface area contributed by atoms with Crippen LogP contribution in [0.5, 0.6) is 5.75 Å². The summed E-state index contributed by atoms with van der Waals surface area (Å²) in [7, 11) is 0. The SMILES string of the molecule is O=C1NN(c2ccccc2)C(=O)/C1=C\c1ccccc1OCc1ccc(Cl)c(Cl)c1. The molecule has 2 amide bonds. The fraction of sp³-hybridized carbons (Fsp3) is 0.0435. The molecule has 0 atom stereocenters. The Kier molecular flexibility index (Phi) is 5.74. The first kappa shape index (κ1) is 20.0. The number of hydrogen-bond acceptors (Lipinski definition) is 3. The van der Waals surface area contributed by atoms with E-state index in [0.717, 1.165) is 5.56 Å². The third-order valence-electron chi connectivity index (χ3n) is 4.50. The number of amides is 2. The predicted octanol–water partition coefficient (Wildman–Crippen LogP) is 5.03. The first-order valence-corrected chi connectivity index (χ1v) is 9.86. The molecule has 0 radical (unpaired) electrons. The van der Waals surface area contributed by atoms with Gasteiger partial charge in [0.25, 0.3) is 11.8 Å². The standard InChI is InChI=1S/C23H16Cl2N2O3/c24-19-11-10-15(12-20(19)25)14-30-21-9-5-4-6-16(21)13-18-22(28)26-27(23(18)29)17-7-2-1-3-8-17/h1-13H,14H2,(H,26,28)/b18-13-. The highest BCUT2D eigenvalue weighted by Gasteiger charge is 2.34. The molecule has 3 aromatic rings. The van der Waals surface area contributed by atoms with Crippen molar-refractivity contribution < 1.29 is 14.3 Å². The summed E-state index contributed by atoms with van der Waals surface area (Å²) in [5, 5.41) is 2.15. The molecule has 1 heterocycles. The fourth-order valence-corrected chi connectivity index (χ4v) is 3.31. The van der Waals surface area contributed by atoms with Gasteiger partial charge in [-0.05, 0) is 42.0 Å². The lowest BCUT2D eigenvalue weighted by Gasteiger charge is -2.14. The van der Waals surface area contributed by atoms with E-state index in [1.54, 1.807) is 48.5 Å². The molecule has 0 spiro atoms. The molecule has 0 unspecified atom stereocenters. The number of para-hydroxylation sites is 2. The number of ether oxygens (including phenoxy) is 1. The highest BCUT2D eigenvalue weighted by atomic mass is 35.5. The number of halogens is 2. The maximum Gasteiger partial charge on any atom is 0.282 e. The zero-order valence-corrected chi connectivity index (χ0v) is 17.2. The first-order valence-electron chi connectivity index (χ1n) is 9.11. The van der Waals surface area contributed by atoms with Gasteiger partial charge < -0.3 is 4.74 Å². The minimum atomic E-state index is -0.469. The maximum absolute atomic E-state index is 12.8. The summed E-state index contributed by atoms with van der Waals surface area (Å²) >= 11 is 12.0. The second kappa shape index (κ2) is 8.61. The van der Waals surface area contributed by atoms with Crippen molar-refractivity contribution in [2.24, 2.45) is 0 Å². The minimum Gasteiger partial charge on any atom is -0.488 e. The zero-order valence-electron chi connectivity index (χ0n) is 15.6. The quantitative estimate of drug-likeness (QED) is 0.448. The summed E-state index contributed by atoms with van der Waals surface area (Å²) in [6.45, 7) is 0.257. The Labute approximate surface area is 183 Å². The normalized spacial score (nSPS) is 14.9. The van der Waals surface area contributed by atoms with Crippen molar-refractivity contribution in [3.8, 4) is 5.75 Å². The van der Waals surface area contributed by atoms with Gasteiger partial charge in [0.05, 0.1) is 15.7 Å². The zero-order chi connectivity index (χ0) is 21.1. The molecular formula is C23H16Cl2N2O3. The van der Waals surface area contributed by atoms with E-state index in [9.17, 15) is 9.59 Å². The van der Waals surface area contributed by atoms with Crippen LogP contribution in [0.1, 0.15) is 11.1 Å². The molecule has 7 heteroatoms. The molecule has 30 heavy (non-hydrogen) atoms. The van der Waals surface area contributed by atoms with Crippen LogP contribution >= 0.6 is 23.2 Å². The highest BCUT2D eigenvalue weighted by molar-refractivity contribution is 6.42. The number of hydrogen-bond donors (Lipinski definition) is 1. The van der Waals surface area contributed by atoms with Crippen molar-refractivity contribution in [2.45, 2.75) is 6.61 Å². The van der Waals surface area contributed by atoms with Gasteiger partial charge in [0, 0.05) is 5.56 Å². The molecule has 0 aromatic heterocycles. The Hall–Kier alpha value is -3.28. The molecule has 0 aliphatic carbocycles. The molecule has 1 aliphatic rings. The Morgan fingerprint density at radius 2 is 1.63 bits per heavy atom. The molecular weight excluding hydrogens is 423 g/mol. The van der Waals surface area contributed by atoms with E-state index in [1.165, 1.54) is 11.1 Å². The van der Waals surface area contributed by atoms with Crippen molar-refractivity contribution >= 4 is 46.8 Å². The third-order valence-corrected chi connectivity index (χ3v) is 5.24. The molecule has 0 bridgehead atoms. The van der Waals surface area contributed by atoms with E-state index < -0.39 is 11.8 Å². The largest absolute Gasteiger partial charge is 0.488 e. The number of rotatable bonds is 5. The molecule has 4 rings (SSSR count). The average molecular weight is 439 g/mol. The van der Waals surface area contributed by atoms with Gasteiger partial charge in [-0.1, -0.05) is 65.7 Å².